The summed E-state index contributed by atoms with van der Waals surface area (Å²) < 4.78 is 24.6. The number of Topliss-reactive ketones (excluding diaryl/α,β-unsaturated/α-hetero) is 1. The van der Waals surface area contributed by atoms with E-state index in [4.69, 9.17) is 9.47 Å². The van der Waals surface area contributed by atoms with Gasteiger partial charge in [0, 0.05) is 23.8 Å². The molecule has 8 nitrogen and oxygen atoms in total. The summed E-state index contributed by atoms with van der Waals surface area (Å²) in [6.45, 7) is 0. The first kappa shape index (κ1) is 29.6. The standard InChI is InChI=1S/C36H31FN4O4S/c1-44-25-7-5-6-22(16-25)35-34-30(17-23(18-32(34)42)21-10-12-24(37)13-11-21)38-28-8-3-4-9-31(28)41(35)33(43)20-46-36-39-27-15-14-26(45-2)19-29(27)40-36/h3-16,19,23,35,38H,17-18,20H2,1-2H3,(H,39,40). The highest BCUT2D eigenvalue weighted by molar-refractivity contribution is 7.99. The third-order valence-corrected chi connectivity index (χ3v) is 9.37. The molecule has 0 saturated carbocycles. The molecule has 2 aliphatic rings. The molecule has 0 saturated heterocycles. The van der Waals surface area contributed by atoms with E-state index in [-0.39, 0.29) is 35.6 Å². The second kappa shape index (κ2) is 12.4. The fourth-order valence-corrected chi connectivity index (χ4v) is 7.07. The van der Waals surface area contributed by atoms with E-state index in [1.54, 1.807) is 31.3 Å². The molecule has 10 heteroatoms. The molecule has 0 fully saturated rings. The third kappa shape index (κ3) is 5.60. The molecule has 2 N–H and O–H groups in total. The maximum atomic E-state index is 14.5. The van der Waals surface area contributed by atoms with Crippen LogP contribution in [0.15, 0.2) is 107 Å². The Balaban J connectivity index is 1.30. The van der Waals surface area contributed by atoms with E-state index in [0.717, 1.165) is 33.5 Å². The first-order valence-corrected chi connectivity index (χ1v) is 15.9. The molecular weight excluding hydrogens is 603 g/mol. The van der Waals surface area contributed by atoms with Crippen LogP contribution in [-0.2, 0) is 9.59 Å². The van der Waals surface area contributed by atoms with Crippen molar-refractivity contribution in [3.8, 4) is 11.5 Å². The van der Waals surface area contributed by atoms with Crippen LogP contribution in [0.3, 0.4) is 0 Å². The lowest BCUT2D eigenvalue weighted by molar-refractivity contribution is -0.117. The number of thioether (sulfide) groups is 1. The van der Waals surface area contributed by atoms with Gasteiger partial charge in [-0.2, -0.15) is 0 Å². The Bertz CT molecular complexity index is 1990. The van der Waals surface area contributed by atoms with Crippen LogP contribution in [0.25, 0.3) is 11.0 Å². The summed E-state index contributed by atoms with van der Waals surface area (Å²) in [6, 6.07) is 26.3. The molecule has 7 rings (SSSR count). The van der Waals surface area contributed by atoms with Crippen LogP contribution in [0, 0.1) is 5.82 Å². The Hall–Kier alpha value is -5.09. The van der Waals surface area contributed by atoms with E-state index < -0.39 is 6.04 Å². The highest BCUT2D eigenvalue weighted by atomic mass is 32.2. The molecule has 0 radical (unpaired) electrons. The highest BCUT2D eigenvalue weighted by Gasteiger charge is 2.41. The van der Waals surface area contributed by atoms with Crippen molar-refractivity contribution in [2.24, 2.45) is 0 Å². The first-order chi connectivity index (χ1) is 22.4. The second-order valence-electron chi connectivity index (χ2n) is 11.3. The monoisotopic (exact) mass is 634 g/mol. The number of aromatic nitrogens is 2. The summed E-state index contributed by atoms with van der Waals surface area (Å²) >= 11 is 1.30. The number of anilines is 2. The van der Waals surface area contributed by atoms with Crippen LogP contribution in [-0.4, -0.2) is 41.6 Å². The SMILES string of the molecule is COc1cccc(C2C3=C(CC(c4ccc(F)cc4)CC3=O)Nc3ccccc3N2C(=O)CSc2nc3ccc(OC)cc3[nH]2)c1. The number of H-pyrrole nitrogens is 1. The van der Waals surface area contributed by atoms with Crippen LogP contribution in [0.4, 0.5) is 15.8 Å². The highest BCUT2D eigenvalue weighted by Crippen LogP contribution is 2.48. The third-order valence-electron chi connectivity index (χ3n) is 8.51. The van der Waals surface area contributed by atoms with Gasteiger partial charge in [0.25, 0.3) is 0 Å². The van der Waals surface area contributed by atoms with Gasteiger partial charge in [-0.05, 0) is 72.0 Å². The number of rotatable bonds is 7. The number of benzene rings is 4. The van der Waals surface area contributed by atoms with E-state index in [1.165, 1.54) is 23.9 Å². The summed E-state index contributed by atoms with van der Waals surface area (Å²) in [4.78, 5) is 38.4. The number of nitrogens with zero attached hydrogens (tertiary/aromatic N) is 2. The molecule has 0 bridgehead atoms. The molecule has 1 aliphatic heterocycles. The van der Waals surface area contributed by atoms with Gasteiger partial charge in [-0.25, -0.2) is 9.37 Å². The van der Waals surface area contributed by atoms with Crippen molar-refractivity contribution in [1.29, 1.82) is 0 Å². The van der Waals surface area contributed by atoms with E-state index in [0.29, 0.717) is 34.3 Å². The molecule has 1 aromatic heterocycles. The zero-order valence-electron chi connectivity index (χ0n) is 25.2. The van der Waals surface area contributed by atoms with Crippen molar-refractivity contribution in [1.82, 2.24) is 9.97 Å². The predicted molar refractivity (Wildman–Crippen MR) is 177 cm³/mol. The van der Waals surface area contributed by atoms with E-state index in [2.05, 4.69) is 15.3 Å². The minimum absolute atomic E-state index is 0.0691. The number of methoxy groups -OCH3 is 2. The largest absolute Gasteiger partial charge is 0.497 e. The fourth-order valence-electron chi connectivity index (χ4n) is 6.32. The molecule has 0 spiro atoms. The van der Waals surface area contributed by atoms with Crippen LogP contribution >= 0.6 is 11.8 Å². The van der Waals surface area contributed by atoms with Gasteiger partial charge in [0.15, 0.2) is 10.9 Å². The zero-order valence-corrected chi connectivity index (χ0v) is 26.1. The Labute approximate surface area is 269 Å². The van der Waals surface area contributed by atoms with Gasteiger partial charge in [0.2, 0.25) is 5.91 Å². The van der Waals surface area contributed by atoms with Crippen molar-refractivity contribution < 1.29 is 23.5 Å². The van der Waals surface area contributed by atoms with Gasteiger partial charge < -0.3 is 19.8 Å². The lowest BCUT2D eigenvalue weighted by atomic mass is 9.78. The Morgan fingerprint density at radius 1 is 0.935 bits per heavy atom. The molecule has 232 valence electrons. The maximum Gasteiger partial charge on any atom is 0.238 e. The van der Waals surface area contributed by atoms with Gasteiger partial charge >= 0.3 is 0 Å². The predicted octanol–water partition coefficient (Wildman–Crippen LogP) is 7.41. The van der Waals surface area contributed by atoms with Crippen molar-refractivity contribution in [2.45, 2.75) is 30.0 Å². The number of ketones is 1. The molecule has 1 aliphatic carbocycles. The molecule has 2 atom stereocenters. The first-order valence-electron chi connectivity index (χ1n) is 14.9. The van der Waals surface area contributed by atoms with Crippen molar-refractivity contribution in [2.75, 3.05) is 30.2 Å². The Morgan fingerprint density at radius 3 is 2.52 bits per heavy atom. The van der Waals surface area contributed by atoms with E-state index >= 15 is 0 Å². The molecular formula is C36H31FN4O4S. The number of carbonyl (C=O) groups excluding carboxylic acids is 2. The topological polar surface area (TPSA) is 96.6 Å². The number of halogens is 1. The van der Waals surface area contributed by atoms with Crippen LogP contribution in [0.1, 0.15) is 35.9 Å². The van der Waals surface area contributed by atoms with Crippen molar-refractivity contribution in [3.63, 3.8) is 0 Å². The number of carbonyl (C=O) groups is 2. The Morgan fingerprint density at radius 2 is 1.72 bits per heavy atom. The minimum atomic E-state index is -0.712. The summed E-state index contributed by atoms with van der Waals surface area (Å²) in [5, 5.41) is 4.14. The van der Waals surface area contributed by atoms with E-state index in [1.807, 2.05) is 66.7 Å². The van der Waals surface area contributed by atoms with Gasteiger partial charge in [0.1, 0.15) is 17.3 Å². The number of aromatic amines is 1. The number of amides is 1. The molecule has 2 unspecified atom stereocenters. The second-order valence-corrected chi connectivity index (χ2v) is 12.2. The molecule has 5 aromatic rings. The van der Waals surface area contributed by atoms with Crippen LogP contribution in [0.5, 0.6) is 11.5 Å². The minimum Gasteiger partial charge on any atom is -0.497 e. The van der Waals surface area contributed by atoms with Gasteiger partial charge in [0.05, 0.1) is 48.4 Å². The summed E-state index contributed by atoms with van der Waals surface area (Å²) in [6.07, 6.45) is 0.767. The van der Waals surface area contributed by atoms with Crippen molar-refractivity contribution >= 4 is 45.9 Å². The lowest BCUT2D eigenvalue weighted by Gasteiger charge is -2.35. The normalized spacial score (nSPS) is 17.6. The number of ether oxygens (including phenoxy) is 2. The van der Waals surface area contributed by atoms with E-state index in [9.17, 15) is 14.0 Å². The quantitative estimate of drug-likeness (QED) is 0.180. The summed E-state index contributed by atoms with van der Waals surface area (Å²) in [5.41, 5.74) is 5.91. The molecule has 2 heterocycles. The number of fused-ring (bicyclic) bond motifs is 2. The van der Waals surface area contributed by atoms with Crippen LogP contribution < -0.4 is 19.7 Å². The number of allylic oxidation sites excluding steroid dienone is 1. The number of para-hydroxylation sites is 2. The van der Waals surface area contributed by atoms with Gasteiger partial charge in [-0.3, -0.25) is 14.5 Å². The number of hydrogen-bond acceptors (Lipinski definition) is 7. The number of hydrogen-bond donors (Lipinski definition) is 2. The average Bonchev–Trinajstić information content (AvgIpc) is 3.42. The Kier molecular flexibility index (Phi) is 7.96. The number of nitrogens with one attached hydrogen (secondary N) is 2. The molecule has 1 amide bonds. The maximum absolute atomic E-state index is 14.5. The average molecular weight is 635 g/mol. The number of imidazole rings is 1. The zero-order chi connectivity index (χ0) is 31.8. The summed E-state index contributed by atoms with van der Waals surface area (Å²) in [5.74, 6) is 0.689. The fraction of sp³-hybridized carbons (Fsp3) is 0.194. The van der Waals surface area contributed by atoms with Gasteiger partial charge in [-0.15, -0.1) is 0 Å². The molecule has 46 heavy (non-hydrogen) atoms. The van der Waals surface area contributed by atoms with Crippen LogP contribution in [0.2, 0.25) is 0 Å². The smallest absolute Gasteiger partial charge is 0.238 e. The van der Waals surface area contributed by atoms with Crippen molar-refractivity contribution in [3.05, 3.63) is 119 Å². The summed E-state index contributed by atoms with van der Waals surface area (Å²) in [7, 11) is 3.20. The molecule has 4 aromatic carbocycles. The lowest BCUT2D eigenvalue weighted by Crippen LogP contribution is -2.39. The van der Waals surface area contributed by atoms with Gasteiger partial charge in [-0.1, -0.05) is 48.2 Å².